The van der Waals surface area contributed by atoms with Crippen LogP contribution in [-0.2, 0) is 47.9 Å². The van der Waals surface area contributed by atoms with Gasteiger partial charge in [-0.2, -0.15) is 0 Å². The molecule has 0 aliphatic heterocycles. The van der Waals surface area contributed by atoms with E-state index in [1.54, 1.807) is 6.92 Å². The third-order valence-corrected chi connectivity index (χ3v) is 4.68. The molecule has 0 fully saturated rings. The summed E-state index contributed by atoms with van der Waals surface area (Å²) in [5.41, 5.74) is 0. The molecule has 0 aliphatic rings. The summed E-state index contributed by atoms with van der Waals surface area (Å²) in [5.74, 6) is -10.0. The first kappa shape index (κ1) is 45.5. The molecule has 0 rings (SSSR count). The normalized spacial score (nSPS) is 10.3. The van der Waals surface area contributed by atoms with Crippen LogP contribution in [0.2, 0.25) is 0 Å². The van der Waals surface area contributed by atoms with Crippen LogP contribution in [0.1, 0.15) is 13.8 Å². The number of esters is 1. The highest BCUT2D eigenvalue weighted by Gasteiger charge is 2.19. The van der Waals surface area contributed by atoms with Gasteiger partial charge in [0, 0.05) is 33.1 Å². The molecule has 0 bridgehead atoms. The first-order valence-electron chi connectivity index (χ1n) is 12.9. The average molecular weight is 673 g/mol. The van der Waals surface area contributed by atoms with E-state index in [9.17, 15) is 43.2 Å². The second-order valence-corrected chi connectivity index (χ2v) is 8.92. The van der Waals surface area contributed by atoms with Gasteiger partial charge >= 0.3 is 53.7 Å². The molecule has 0 aromatic rings. The van der Waals surface area contributed by atoms with Gasteiger partial charge in [0.25, 0.3) is 0 Å². The van der Waals surface area contributed by atoms with Crippen molar-refractivity contribution in [3.63, 3.8) is 0 Å². The van der Waals surface area contributed by atoms with E-state index in [2.05, 4.69) is 4.74 Å². The SMILES string of the molecule is CCOC(C)=O.O=C(O)CN(CCN(CC(=O)O)CC(=O)O)CC(=O)O.O=C(O)CN(CCN(CC(=O)O)CC(=O)O)CC(=O)O. The van der Waals surface area contributed by atoms with Crippen molar-refractivity contribution < 1.29 is 88.7 Å². The lowest BCUT2D eigenvalue weighted by atomic mass is 10.4. The van der Waals surface area contributed by atoms with Crippen molar-refractivity contribution >= 4 is 53.7 Å². The topological polar surface area (TPSA) is 338 Å². The molecule has 0 heterocycles. The molecule has 0 radical (unpaired) electrons. The van der Waals surface area contributed by atoms with Gasteiger partial charge in [0.05, 0.1) is 59.0 Å². The maximum absolute atomic E-state index is 10.6. The predicted molar refractivity (Wildman–Crippen MR) is 149 cm³/mol. The van der Waals surface area contributed by atoms with Crippen LogP contribution >= 0.6 is 0 Å². The number of hydrogen-bond donors (Lipinski definition) is 8. The van der Waals surface area contributed by atoms with E-state index in [0.29, 0.717) is 6.61 Å². The monoisotopic (exact) mass is 672 g/mol. The van der Waals surface area contributed by atoms with Crippen molar-refractivity contribution in [1.29, 1.82) is 0 Å². The Labute approximate surface area is 261 Å². The van der Waals surface area contributed by atoms with Gasteiger partial charge < -0.3 is 45.6 Å². The van der Waals surface area contributed by atoms with Gasteiger partial charge in [0.1, 0.15) is 0 Å². The lowest BCUT2D eigenvalue weighted by Gasteiger charge is -2.23. The molecule has 8 N–H and O–H groups in total. The number of nitrogens with zero attached hydrogens (tertiary/aromatic N) is 4. The molecule has 0 spiro atoms. The number of aliphatic carboxylic acids is 8. The van der Waals surface area contributed by atoms with E-state index in [1.165, 1.54) is 6.92 Å². The number of carbonyl (C=O) groups is 9. The summed E-state index contributed by atoms with van der Waals surface area (Å²) in [6, 6.07) is 0. The lowest BCUT2D eigenvalue weighted by molar-refractivity contribution is -0.145. The zero-order valence-corrected chi connectivity index (χ0v) is 25.1. The molecule has 0 aromatic heterocycles. The van der Waals surface area contributed by atoms with Crippen molar-refractivity contribution in [2.24, 2.45) is 0 Å². The smallest absolute Gasteiger partial charge is 0.317 e. The van der Waals surface area contributed by atoms with Crippen LogP contribution in [0.5, 0.6) is 0 Å². The van der Waals surface area contributed by atoms with Crippen molar-refractivity contribution in [2.75, 3.05) is 85.1 Å². The minimum Gasteiger partial charge on any atom is -0.480 e. The fourth-order valence-electron chi connectivity index (χ4n) is 3.16. The van der Waals surface area contributed by atoms with Gasteiger partial charge in [-0.3, -0.25) is 62.8 Å². The Kier molecular flexibility index (Phi) is 26.2. The lowest BCUT2D eigenvalue weighted by Crippen LogP contribution is -2.43. The van der Waals surface area contributed by atoms with Crippen molar-refractivity contribution in [1.82, 2.24) is 19.6 Å². The van der Waals surface area contributed by atoms with Gasteiger partial charge in [-0.15, -0.1) is 0 Å². The van der Waals surface area contributed by atoms with E-state index in [-0.39, 0.29) is 32.1 Å². The summed E-state index contributed by atoms with van der Waals surface area (Å²) in [7, 11) is 0. The summed E-state index contributed by atoms with van der Waals surface area (Å²) in [6.07, 6.45) is 0. The molecule has 0 saturated heterocycles. The first-order chi connectivity index (χ1) is 21.2. The predicted octanol–water partition coefficient (Wildman–Crippen LogP) is -3.57. The van der Waals surface area contributed by atoms with Crippen molar-refractivity contribution in [3.8, 4) is 0 Å². The maximum atomic E-state index is 10.6. The van der Waals surface area contributed by atoms with E-state index in [1.807, 2.05) is 0 Å². The van der Waals surface area contributed by atoms with Gasteiger partial charge in [0.15, 0.2) is 0 Å². The third-order valence-electron chi connectivity index (χ3n) is 4.68. The molecule has 0 amide bonds. The summed E-state index contributed by atoms with van der Waals surface area (Å²) < 4.78 is 4.40. The van der Waals surface area contributed by atoms with Crippen molar-refractivity contribution in [2.45, 2.75) is 13.8 Å². The average Bonchev–Trinajstić information content (AvgIpc) is 2.83. The second kappa shape index (κ2) is 26.5. The Morgan fingerprint density at radius 3 is 0.609 bits per heavy atom. The molecule has 0 saturated carbocycles. The fraction of sp³-hybridized carbons (Fsp3) is 0.625. The van der Waals surface area contributed by atoms with E-state index in [0.717, 1.165) is 19.6 Å². The highest BCUT2D eigenvalue weighted by molar-refractivity contribution is 5.74. The Balaban J connectivity index is -0.000000682. The largest absolute Gasteiger partial charge is 0.480 e. The Morgan fingerprint density at radius 2 is 0.543 bits per heavy atom. The van der Waals surface area contributed by atoms with Gasteiger partial charge in [-0.1, -0.05) is 0 Å². The fourth-order valence-corrected chi connectivity index (χ4v) is 3.16. The number of carbonyl (C=O) groups excluding carboxylic acids is 1. The number of carboxylic acid groups (broad SMARTS) is 8. The summed E-state index contributed by atoms with van der Waals surface area (Å²) in [4.78, 5) is 98.5. The highest BCUT2D eigenvalue weighted by Crippen LogP contribution is 1.95. The molecule has 22 nitrogen and oxygen atoms in total. The Morgan fingerprint density at radius 1 is 0.391 bits per heavy atom. The summed E-state index contributed by atoms with van der Waals surface area (Å²) in [6.45, 7) is -0.848. The van der Waals surface area contributed by atoms with Gasteiger partial charge in [-0.05, 0) is 6.92 Å². The summed E-state index contributed by atoms with van der Waals surface area (Å²) >= 11 is 0. The van der Waals surface area contributed by atoms with Crippen molar-refractivity contribution in [3.05, 3.63) is 0 Å². The maximum Gasteiger partial charge on any atom is 0.317 e. The molecular formula is C24H40N4O18. The third kappa shape index (κ3) is 35.3. The standard InChI is InChI=1S/2C10H16N2O8.C4H8O2/c2*13-7(14)3-11(4-8(15)16)1-2-12(5-9(17)18)6-10(19)20;1-3-6-4(2)5/h2*1-6H2,(H,13,14)(H,15,16)(H,17,18)(H,19,20);3H2,1-2H3. The molecule has 0 unspecified atom stereocenters. The van der Waals surface area contributed by atoms with Gasteiger partial charge in [0.2, 0.25) is 0 Å². The second-order valence-electron chi connectivity index (χ2n) is 8.92. The highest BCUT2D eigenvalue weighted by atomic mass is 16.5. The van der Waals surface area contributed by atoms with Crippen LogP contribution in [0.3, 0.4) is 0 Å². The number of rotatable bonds is 23. The van der Waals surface area contributed by atoms with Crippen LogP contribution < -0.4 is 0 Å². The minimum absolute atomic E-state index is 0.0703. The van der Waals surface area contributed by atoms with Crippen LogP contribution in [0.25, 0.3) is 0 Å². The molecule has 0 aliphatic carbocycles. The Bertz CT molecular complexity index is 828. The number of ether oxygens (including phenoxy) is 1. The molecule has 22 heteroatoms. The molecular weight excluding hydrogens is 632 g/mol. The van der Waals surface area contributed by atoms with E-state index < -0.39 is 100 Å². The number of hydrogen-bond acceptors (Lipinski definition) is 14. The minimum atomic E-state index is -1.23. The summed E-state index contributed by atoms with van der Waals surface area (Å²) in [5, 5.41) is 68.9. The zero-order valence-electron chi connectivity index (χ0n) is 25.1. The zero-order chi connectivity index (χ0) is 36.4. The molecule has 0 atom stereocenters. The molecule has 46 heavy (non-hydrogen) atoms. The van der Waals surface area contributed by atoms with E-state index >= 15 is 0 Å². The first-order valence-corrected chi connectivity index (χ1v) is 12.9. The quantitative estimate of drug-likeness (QED) is 0.0486. The van der Waals surface area contributed by atoms with Crippen LogP contribution in [-0.4, -0.2) is 199 Å². The molecule has 0 aromatic carbocycles. The van der Waals surface area contributed by atoms with E-state index in [4.69, 9.17) is 40.9 Å². The van der Waals surface area contributed by atoms with Crippen LogP contribution in [0.4, 0.5) is 0 Å². The number of carboxylic acids is 8. The van der Waals surface area contributed by atoms with Crippen LogP contribution in [0, 0.1) is 0 Å². The van der Waals surface area contributed by atoms with Crippen LogP contribution in [0.15, 0.2) is 0 Å². The molecule has 264 valence electrons. The van der Waals surface area contributed by atoms with Gasteiger partial charge in [-0.25, -0.2) is 0 Å². The Hall–Kier alpha value is -4.93.